The Bertz CT molecular complexity index is 1420. The van der Waals surface area contributed by atoms with Gasteiger partial charge in [0, 0.05) is 15.6 Å². The van der Waals surface area contributed by atoms with E-state index >= 15 is 0 Å². The van der Waals surface area contributed by atoms with Crippen molar-refractivity contribution in [1.82, 2.24) is 4.98 Å². The highest BCUT2D eigenvalue weighted by atomic mass is 79.9. The highest BCUT2D eigenvalue weighted by Gasteiger charge is 2.09. The van der Waals surface area contributed by atoms with E-state index < -0.39 is 0 Å². The summed E-state index contributed by atoms with van der Waals surface area (Å²) in [7, 11) is 0. The molecule has 0 spiro atoms. The Kier molecular flexibility index (Phi) is 5.40. The van der Waals surface area contributed by atoms with E-state index in [4.69, 9.17) is 32.0 Å². The van der Waals surface area contributed by atoms with Crippen molar-refractivity contribution in [3.8, 4) is 22.8 Å². The monoisotopic (exact) mass is 510 g/mol. The maximum absolute atomic E-state index is 6.09. The molecule has 0 amide bonds. The Hall–Kier alpha value is -2.86. The van der Waals surface area contributed by atoms with Gasteiger partial charge < -0.3 is 8.83 Å². The lowest BCUT2D eigenvalue weighted by Crippen LogP contribution is -1.77. The SMILES string of the molecule is Clc1ccc(-c2ccc(C=Nc3ccc4oc(-c5ccc(Br)cc5)nc4c3)o2)cc1Cl. The predicted molar refractivity (Wildman–Crippen MR) is 129 cm³/mol. The van der Waals surface area contributed by atoms with Crippen LogP contribution in [0.25, 0.3) is 33.9 Å². The van der Waals surface area contributed by atoms with Gasteiger partial charge in [-0.3, -0.25) is 4.99 Å². The van der Waals surface area contributed by atoms with Crippen LogP contribution in [0.2, 0.25) is 10.0 Å². The molecule has 0 aliphatic rings. The molecule has 0 saturated carbocycles. The number of aliphatic imine (C=N–C) groups is 1. The molecule has 0 unspecified atom stereocenters. The fourth-order valence-electron chi connectivity index (χ4n) is 3.08. The lowest BCUT2D eigenvalue weighted by molar-refractivity contribution is 0.575. The van der Waals surface area contributed by atoms with Gasteiger partial charge in [-0.2, -0.15) is 0 Å². The third kappa shape index (κ3) is 4.30. The van der Waals surface area contributed by atoms with Gasteiger partial charge in [-0.15, -0.1) is 0 Å². The van der Waals surface area contributed by atoms with Crippen molar-refractivity contribution in [3.63, 3.8) is 0 Å². The zero-order chi connectivity index (χ0) is 21.4. The lowest BCUT2D eigenvalue weighted by Gasteiger charge is -1.99. The Morgan fingerprint density at radius 1 is 0.806 bits per heavy atom. The molecular formula is C24H13BrCl2N2O2. The molecule has 7 heteroatoms. The fourth-order valence-corrected chi connectivity index (χ4v) is 3.64. The van der Waals surface area contributed by atoms with Crippen molar-refractivity contribution >= 4 is 62.1 Å². The first kappa shape index (κ1) is 20.1. The molecule has 3 aromatic carbocycles. The van der Waals surface area contributed by atoms with E-state index in [2.05, 4.69) is 25.9 Å². The zero-order valence-corrected chi connectivity index (χ0v) is 18.9. The molecule has 0 aliphatic carbocycles. The van der Waals surface area contributed by atoms with Crippen molar-refractivity contribution in [2.45, 2.75) is 0 Å². The highest BCUT2D eigenvalue weighted by Crippen LogP contribution is 2.30. The molecule has 0 aliphatic heterocycles. The minimum atomic E-state index is 0.481. The first-order chi connectivity index (χ1) is 15.0. The number of furan rings is 1. The number of oxazole rings is 1. The molecule has 31 heavy (non-hydrogen) atoms. The first-order valence-electron chi connectivity index (χ1n) is 9.31. The maximum Gasteiger partial charge on any atom is 0.227 e. The third-order valence-corrected chi connectivity index (χ3v) is 5.90. The summed E-state index contributed by atoms with van der Waals surface area (Å²) in [4.78, 5) is 9.09. The number of benzene rings is 3. The van der Waals surface area contributed by atoms with E-state index in [1.54, 1.807) is 18.3 Å². The average Bonchev–Trinajstić information content (AvgIpc) is 3.41. The van der Waals surface area contributed by atoms with E-state index in [-0.39, 0.29) is 0 Å². The van der Waals surface area contributed by atoms with Crippen LogP contribution in [0.1, 0.15) is 5.76 Å². The summed E-state index contributed by atoms with van der Waals surface area (Å²) < 4.78 is 12.7. The highest BCUT2D eigenvalue weighted by molar-refractivity contribution is 9.10. The van der Waals surface area contributed by atoms with Crippen LogP contribution in [0.4, 0.5) is 5.69 Å². The summed E-state index contributed by atoms with van der Waals surface area (Å²) >= 11 is 15.5. The van der Waals surface area contributed by atoms with Crippen LogP contribution in [0, 0.1) is 0 Å². The van der Waals surface area contributed by atoms with Gasteiger partial charge in [0.25, 0.3) is 0 Å². The summed E-state index contributed by atoms with van der Waals surface area (Å²) in [5.74, 6) is 1.88. The van der Waals surface area contributed by atoms with Gasteiger partial charge in [0.1, 0.15) is 17.0 Å². The van der Waals surface area contributed by atoms with Gasteiger partial charge >= 0.3 is 0 Å². The minimum absolute atomic E-state index is 0.481. The van der Waals surface area contributed by atoms with Crippen molar-refractivity contribution < 1.29 is 8.83 Å². The van der Waals surface area contributed by atoms with E-state index in [0.717, 1.165) is 26.8 Å². The van der Waals surface area contributed by atoms with E-state index in [1.165, 1.54) is 0 Å². The topological polar surface area (TPSA) is 51.5 Å². The van der Waals surface area contributed by atoms with Crippen LogP contribution in [0.5, 0.6) is 0 Å². The first-order valence-corrected chi connectivity index (χ1v) is 10.9. The second-order valence-electron chi connectivity index (χ2n) is 6.77. The summed E-state index contributed by atoms with van der Waals surface area (Å²) in [6.45, 7) is 0. The number of aromatic nitrogens is 1. The number of rotatable bonds is 4. The Balaban J connectivity index is 1.38. The molecule has 0 radical (unpaired) electrons. The van der Waals surface area contributed by atoms with Crippen LogP contribution in [0.3, 0.4) is 0 Å². The van der Waals surface area contributed by atoms with E-state index in [9.17, 15) is 0 Å². The van der Waals surface area contributed by atoms with Crippen molar-refractivity contribution in [2.75, 3.05) is 0 Å². The number of hydrogen-bond acceptors (Lipinski definition) is 4. The smallest absolute Gasteiger partial charge is 0.227 e. The summed E-state index contributed by atoms with van der Waals surface area (Å²) in [6.07, 6.45) is 1.66. The number of hydrogen-bond donors (Lipinski definition) is 0. The molecule has 2 aromatic heterocycles. The Morgan fingerprint density at radius 3 is 2.42 bits per heavy atom. The lowest BCUT2D eigenvalue weighted by atomic mass is 10.2. The normalized spacial score (nSPS) is 11.6. The average molecular weight is 512 g/mol. The van der Waals surface area contributed by atoms with Crippen molar-refractivity contribution in [3.05, 3.63) is 93.1 Å². The Labute approximate surface area is 196 Å². The van der Waals surface area contributed by atoms with Crippen molar-refractivity contribution in [2.24, 2.45) is 4.99 Å². The third-order valence-electron chi connectivity index (χ3n) is 4.63. The van der Waals surface area contributed by atoms with Gasteiger partial charge in [0.15, 0.2) is 5.58 Å². The number of nitrogens with zero attached hydrogens (tertiary/aromatic N) is 2. The van der Waals surface area contributed by atoms with Crippen LogP contribution < -0.4 is 0 Å². The van der Waals surface area contributed by atoms with Crippen LogP contribution in [-0.2, 0) is 0 Å². The Morgan fingerprint density at radius 2 is 1.61 bits per heavy atom. The van der Waals surface area contributed by atoms with Gasteiger partial charge in [-0.05, 0) is 72.8 Å². The van der Waals surface area contributed by atoms with Crippen LogP contribution in [-0.4, -0.2) is 11.2 Å². The second kappa shape index (κ2) is 8.35. The van der Waals surface area contributed by atoms with Crippen LogP contribution >= 0.6 is 39.1 Å². The molecule has 0 N–H and O–H groups in total. The van der Waals surface area contributed by atoms with Crippen molar-refractivity contribution in [1.29, 1.82) is 0 Å². The molecule has 0 saturated heterocycles. The van der Waals surface area contributed by atoms with Gasteiger partial charge in [0.05, 0.1) is 21.9 Å². The van der Waals surface area contributed by atoms with Gasteiger partial charge in [-0.25, -0.2) is 4.98 Å². The summed E-state index contributed by atoms with van der Waals surface area (Å²) in [5, 5.41) is 0.986. The van der Waals surface area contributed by atoms with E-state index in [1.807, 2.05) is 60.7 Å². The standard InChI is InChI=1S/C24H13BrCl2N2O2/c25-16-4-1-14(2-5-16)24-29-21-12-17(6-9-23(21)31-24)28-13-18-7-10-22(30-18)15-3-8-19(26)20(27)11-15/h1-13H. The summed E-state index contributed by atoms with van der Waals surface area (Å²) in [6, 6.07) is 22.5. The molecule has 0 bridgehead atoms. The van der Waals surface area contributed by atoms with Crippen LogP contribution in [0.15, 0.2) is 91.1 Å². The van der Waals surface area contributed by atoms with E-state index in [0.29, 0.717) is 33.0 Å². The molecule has 4 nitrogen and oxygen atoms in total. The predicted octanol–water partition coefficient (Wildman–Crippen LogP) is 8.57. The second-order valence-corrected chi connectivity index (χ2v) is 8.50. The fraction of sp³-hybridized carbons (Fsp3) is 0. The molecule has 0 atom stereocenters. The van der Waals surface area contributed by atoms with Gasteiger partial charge in [-0.1, -0.05) is 39.1 Å². The maximum atomic E-state index is 6.09. The summed E-state index contributed by atoms with van der Waals surface area (Å²) in [5.41, 5.74) is 3.95. The molecule has 152 valence electrons. The molecule has 2 heterocycles. The number of halogens is 3. The van der Waals surface area contributed by atoms with Gasteiger partial charge in [0.2, 0.25) is 5.89 Å². The molecule has 5 rings (SSSR count). The molecular weight excluding hydrogens is 499 g/mol. The largest absolute Gasteiger partial charge is 0.455 e. The number of fused-ring (bicyclic) bond motifs is 1. The molecule has 5 aromatic rings. The zero-order valence-electron chi connectivity index (χ0n) is 15.9. The minimum Gasteiger partial charge on any atom is -0.455 e. The quantitative estimate of drug-likeness (QED) is 0.227. The molecule has 0 fully saturated rings.